The first kappa shape index (κ1) is 17.8. The van der Waals surface area contributed by atoms with E-state index in [4.69, 9.17) is 0 Å². The van der Waals surface area contributed by atoms with Crippen molar-refractivity contribution in [3.63, 3.8) is 0 Å². The number of hydrogen-bond donors (Lipinski definition) is 1. The Bertz CT molecular complexity index is 905. The smallest absolute Gasteiger partial charge is 0.266 e. The first-order chi connectivity index (χ1) is 13.1. The van der Waals surface area contributed by atoms with Gasteiger partial charge in [-0.3, -0.25) is 9.59 Å². The number of carbonyl (C=O) groups excluding carboxylic acids is 1. The van der Waals surface area contributed by atoms with E-state index < -0.39 is 0 Å². The first-order valence-corrected chi connectivity index (χ1v) is 9.78. The first-order valence-electron chi connectivity index (χ1n) is 9.78. The van der Waals surface area contributed by atoms with Gasteiger partial charge < -0.3 is 10.2 Å². The van der Waals surface area contributed by atoms with E-state index in [0.29, 0.717) is 13.0 Å². The molecule has 1 aliphatic heterocycles. The van der Waals surface area contributed by atoms with Crippen molar-refractivity contribution in [2.45, 2.75) is 32.1 Å². The van der Waals surface area contributed by atoms with Gasteiger partial charge in [-0.05, 0) is 49.3 Å². The normalized spacial score (nSPS) is 18.6. The third kappa shape index (κ3) is 3.75. The molecule has 1 amide bonds. The van der Waals surface area contributed by atoms with Gasteiger partial charge >= 0.3 is 0 Å². The molecule has 2 aromatic rings. The predicted octanol–water partition coefficient (Wildman–Crippen LogP) is 1.45. The molecule has 2 heterocycles. The van der Waals surface area contributed by atoms with Crippen LogP contribution in [-0.2, 0) is 31.1 Å². The Labute approximate surface area is 159 Å². The maximum absolute atomic E-state index is 12.6. The summed E-state index contributed by atoms with van der Waals surface area (Å²) in [4.78, 5) is 26.8. The zero-order chi connectivity index (χ0) is 18.8. The number of nitrogens with one attached hydrogen (secondary N) is 1. The van der Waals surface area contributed by atoms with E-state index in [0.717, 1.165) is 50.0 Å². The topological polar surface area (TPSA) is 67.2 Å². The number of carbonyl (C=O) groups is 1. The molecular formula is C21H26N4O2. The third-order valence-electron chi connectivity index (χ3n) is 5.71. The molecule has 2 aliphatic rings. The Kier molecular flexibility index (Phi) is 4.97. The fraction of sp³-hybridized carbons (Fsp3) is 0.476. The molecule has 6 heteroatoms. The molecule has 1 aliphatic carbocycles. The van der Waals surface area contributed by atoms with Crippen molar-refractivity contribution in [1.82, 2.24) is 15.1 Å². The van der Waals surface area contributed by atoms with Gasteiger partial charge in [-0.25, -0.2) is 4.68 Å². The molecular weight excluding hydrogens is 340 g/mol. The third-order valence-corrected chi connectivity index (χ3v) is 5.71. The van der Waals surface area contributed by atoms with E-state index in [-0.39, 0.29) is 17.4 Å². The summed E-state index contributed by atoms with van der Waals surface area (Å²) in [7, 11) is 1.67. The highest BCUT2D eigenvalue weighted by atomic mass is 16.2. The lowest BCUT2D eigenvalue weighted by Crippen LogP contribution is -2.41. The van der Waals surface area contributed by atoms with E-state index in [9.17, 15) is 9.59 Å². The van der Waals surface area contributed by atoms with Crippen LogP contribution in [0.1, 0.15) is 29.7 Å². The molecule has 1 atom stereocenters. The molecule has 142 valence electrons. The van der Waals surface area contributed by atoms with Gasteiger partial charge in [-0.1, -0.05) is 18.2 Å². The lowest BCUT2D eigenvalue weighted by Gasteiger charge is -2.31. The molecule has 1 aromatic heterocycles. The Morgan fingerprint density at radius 2 is 2.11 bits per heavy atom. The van der Waals surface area contributed by atoms with Crippen molar-refractivity contribution < 1.29 is 4.79 Å². The van der Waals surface area contributed by atoms with Crippen LogP contribution in [0.3, 0.4) is 0 Å². The minimum absolute atomic E-state index is 0.0694. The fourth-order valence-corrected chi connectivity index (χ4v) is 4.21. The van der Waals surface area contributed by atoms with Crippen molar-refractivity contribution >= 4 is 11.6 Å². The number of para-hydroxylation sites is 1. The number of nitrogens with zero attached hydrogens (tertiary/aromatic N) is 3. The molecule has 0 radical (unpaired) electrons. The largest absolute Gasteiger partial charge is 0.370 e. The summed E-state index contributed by atoms with van der Waals surface area (Å²) < 4.78 is 1.37. The van der Waals surface area contributed by atoms with E-state index in [1.54, 1.807) is 13.1 Å². The summed E-state index contributed by atoms with van der Waals surface area (Å²) in [5.41, 5.74) is 4.46. The van der Waals surface area contributed by atoms with E-state index in [1.807, 2.05) is 0 Å². The second kappa shape index (κ2) is 7.55. The minimum atomic E-state index is -0.112. The van der Waals surface area contributed by atoms with Crippen molar-refractivity contribution in [1.29, 1.82) is 0 Å². The van der Waals surface area contributed by atoms with Gasteiger partial charge in [-0.15, -0.1) is 0 Å². The van der Waals surface area contributed by atoms with Gasteiger partial charge in [-0.2, -0.15) is 5.10 Å². The Hall–Kier alpha value is -2.63. The molecule has 0 saturated carbocycles. The maximum atomic E-state index is 12.6. The molecule has 1 N–H and O–H groups in total. The molecule has 27 heavy (non-hydrogen) atoms. The number of anilines is 1. The second-order valence-corrected chi connectivity index (χ2v) is 7.53. The molecule has 1 aromatic carbocycles. The Balaban J connectivity index is 1.33. The molecule has 0 saturated heterocycles. The Morgan fingerprint density at radius 3 is 3.00 bits per heavy atom. The van der Waals surface area contributed by atoms with Gasteiger partial charge in [0.2, 0.25) is 5.91 Å². The predicted molar refractivity (Wildman–Crippen MR) is 105 cm³/mol. The van der Waals surface area contributed by atoms with Crippen LogP contribution in [0, 0.1) is 5.92 Å². The van der Waals surface area contributed by atoms with Crippen LogP contribution in [0.4, 0.5) is 5.69 Å². The number of fused-ring (bicyclic) bond motifs is 2. The highest BCUT2D eigenvalue weighted by molar-refractivity contribution is 5.79. The van der Waals surface area contributed by atoms with Gasteiger partial charge in [0.1, 0.15) is 0 Å². The summed E-state index contributed by atoms with van der Waals surface area (Å²) in [5, 5.41) is 7.42. The number of aromatic nitrogens is 2. The molecule has 0 fully saturated rings. The van der Waals surface area contributed by atoms with Crippen LogP contribution >= 0.6 is 0 Å². The van der Waals surface area contributed by atoms with E-state index in [1.165, 1.54) is 15.9 Å². The molecule has 0 spiro atoms. The van der Waals surface area contributed by atoms with Crippen molar-refractivity contribution in [3.8, 4) is 0 Å². The van der Waals surface area contributed by atoms with Crippen LogP contribution in [0.5, 0.6) is 0 Å². The molecule has 0 unspecified atom stereocenters. The molecule has 6 nitrogen and oxygen atoms in total. The van der Waals surface area contributed by atoms with Crippen LogP contribution < -0.4 is 15.8 Å². The Morgan fingerprint density at radius 1 is 1.26 bits per heavy atom. The zero-order valence-electron chi connectivity index (χ0n) is 15.8. The van der Waals surface area contributed by atoms with Gasteiger partial charge in [0.25, 0.3) is 5.56 Å². The van der Waals surface area contributed by atoms with Crippen molar-refractivity contribution in [2.75, 3.05) is 24.5 Å². The monoisotopic (exact) mass is 366 g/mol. The second-order valence-electron chi connectivity index (χ2n) is 7.53. The zero-order valence-corrected chi connectivity index (χ0v) is 15.8. The molecule has 4 rings (SSSR count). The lowest BCUT2D eigenvalue weighted by atomic mass is 9.86. The SMILES string of the molecule is Cn1nc2c(cc1=O)C[C@@H](C(=O)NCCN1CCCc3ccccc31)CC2. The number of amides is 1. The van der Waals surface area contributed by atoms with Crippen LogP contribution in [-0.4, -0.2) is 35.3 Å². The lowest BCUT2D eigenvalue weighted by molar-refractivity contribution is -0.125. The highest BCUT2D eigenvalue weighted by Gasteiger charge is 2.26. The van der Waals surface area contributed by atoms with Gasteiger partial charge in [0.15, 0.2) is 0 Å². The summed E-state index contributed by atoms with van der Waals surface area (Å²) in [6.45, 7) is 2.51. The number of rotatable bonds is 4. The summed E-state index contributed by atoms with van der Waals surface area (Å²) in [5.74, 6) is 0.0201. The van der Waals surface area contributed by atoms with Crippen molar-refractivity contribution in [2.24, 2.45) is 13.0 Å². The quantitative estimate of drug-likeness (QED) is 0.890. The standard InChI is InChI=1S/C21H26N4O2/c1-24-20(26)14-17-13-16(8-9-18(17)23-24)21(27)22-10-12-25-11-4-6-15-5-2-3-7-19(15)25/h2-3,5,7,14,16H,4,6,8-13H2,1H3,(H,22,27)/t16-/m0/s1. The number of benzene rings is 1. The average molecular weight is 366 g/mol. The highest BCUT2D eigenvalue weighted by Crippen LogP contribution is 2.26. The van der Waals surface area contributed by atoms with Crippen molar-refractivity contribution in [3.05, 3.63) is 57.5 Å². The summed E-state index contributed by atoms with van der Waals surface area (Å²) in [6.07, 6.45) is 4.44. The average Bonchev–Trinajstić information content (AvgIpc) is 2.68. The fourth-order valence-electron chi connectivity index (χ4n) is 4.21. The van der Waals surface area contributed by atoms with E-state index in [2.05, 4.69) is 39.6 Å². The van der Waals surface area contributed by atoms with Crippen LogP contribution in [0.2, 0.25) is 0 Å². The van der Waals surface area contributed by atoms with Gasteiger partial charge in [0.05, 0.1) is 5.69 Å². The number of hydrogen-bond acceptors (Lipinski definition) is 4. The minimum Gasteiger partial charge on any atom is -0.370 e. The maximum Gasteiger partial charge on any atom is 0.266 e. The number of aryl methyl sites for hydroxylation is 3. The summed E-state index contributed by atoms with van der Waals surface area (Å²) >= 11 is 0. The van der Waals surface area contributed by atoms with Crippen LogP contribution in [0.25, 0.3) is 0 Å². The summed E-state index contributed by atoms with van der Waals surface area (Å²) in [6, 6.07) is 10.2. The van der Waals surface area contributed by atoms with Crippen LogP contribution in [0.15, 0.2) is 35.1 Å². The molecule has 0 bridgehead atoms. The van der Waals surface area contributed by atoms with E-state index >= 15 is 0 Å². The van der Waals surface area contributed by atoms with Gasteiger partial charge in [0, 0.05) is 44.4 Å².